The van der Waals surface area contributed by atoms with E-state index in [1.807, 2.05) is 30.5 Å². The lowest BCUT2D eigenvalue weighted by atomic mass is 10.0. The molecule has 0 unspecified atom stereocenters. The number of aromatic nitrogens is 2. The molecule has 4 aromatic rings. The van der Waals surface area contributed by atoms with Gasteiger partial charge in [0.15, 0.2) is 0 Å². The Balaban J connectivity index is 1.79. The van der Waals surface area contributed by atoms with E-state index in [-0.39, 0.29) is 0 Å². The SMILES string of the molecule is Cc1ccc(C)c(Nc2ccnc3ccc(-c4ccc(C#N)nc4)cc23)c1. The van der Waals surface area contributed by atoms with E-state index in [2.05, 4.69) is 59.5 Å². The molecule has 2 aromatic heterocycles. The van der Waals surface area contributed by atoms with Crippen molar-refractivity contribution in [2.45, 2.75) is 13.8 Å². The normalized spacial score (nSPS) is 10.6. The van der Waals surface area contributed by atoms with Gasteiger partial charge in [-0.15, -0.1) is 0 Å². The van der Waals surface area contributed by atoms with Crippen LogP contribution in [0.4, 0.5) is 11.4 Å². The summed E-state index contributed by atoms with van der Waals surface area (Å²) in [6, 6.07) is 20.2. The monoisotopic (exact) mass is 350 g/mol. The Morgan fingerprint density at radius 1 is 0.852 bits per heavy atom. The van der Waals surface area contributed by atoms with Gasteiger partial charge in [-0.25, -0.2) is 4.98 Å². The Bertz CT molecular complexity index is 1170. The number of benzene rings is 2. The number of nitrogens with one attached hydrogen (secondary N) is 1. The van der Waals surface area contributed by atoms with Crippen LogP contribution < -0.4 is 5.32 Å². The van der Waals surface area contributed by atoms with Crippen LogP contribution in [0.15, 0.2) is 67.0 Å². The van der Waals surface area contributed by atoms with Crippen molar-refractivity contribution < 1.29 is 0 Å². The molecule has 4 heteroatoms. The van der Waals surface area contributed by atoms with Crippen molar-refractivity contribution in [1.29, 1.82) is 5.26 Å². The predicted octanol–water partition coefficient (Wildman–Crippen LogP) is 5.53. The highest BCUT2D eigenvalue weighted by molar-refractivity contribution is 5.95. The molecule has 4 rings (SSSR count). The lowest BCUT2D eigenvalue weighted by molar-refractivity contribution is 1.26. The number of hydrogen-bond acceptors (Lipinski definition) is 4. The highest BCUT2D eigenvalue weighted by atomic mass is 14.9. The van der Waals surface area contributed by atoms with Gasteiger partial charge in [0.25, 0.3) is 0 Å². The van der Waals surface area contributed by atoms with Gasteiger partial charge in [0, 0.05) is 34.7 Å². The maximum atomic E-state index is 8.93. The molecule has 2 heterocycles. The third-order valence-corrected chi connectivity index (χ3v) is 4.62. The van der Waals surface area contributed by atoms with E-state index in [4.69, 9.17) is 5.26 Å². The summed E-state index contributed by atoms with van der Waals surface area (Å²) in [6.07, 6.45) is 3.55. The molecule has 130 valence electrons. The van der Waals surface area contributed by atoms with Crippen LogP contribution in [0, 0.1) is 25.2 Å². The molecular weight excluding hydrogens is 332 g/mol. The average Bonchev–Trinajstić information content (AvgIpc) is 2.71. The number of nitriles is 1. The third-order valence-electron chi connectivity index (χ3n) is 4.62. The molecule has 1 N–H and O–H groups in total. The van der Waals surface area contributed by atoms with Crippen LogP contribution >= 0.6 is 0 Å². The van der Waals surface area contributed by atoms with E-state index in [1.165, 1.54) is 11.1 Å². The van der Waals surface area contributed by atoms with Gasteiger partial charge in [-0.1, -0.05) is 18.2 Å². The van der Waals surface area contributed by atoms with Crippen molar-refractivity contribution >= 4 is 22.3 Å². The van der Waals surface area contributed by atoms with Gasteiger partial charge in [-0.3, -0.25) is 4.98 Å². The maximum absolute atomic E-state index is 8.93. The molecule has 0 bridgehead atoms. The third kappa shape index (κ3) is 3.36. The molecule has 0 saturated heterocycles. The minimum atomic E-state index is 0.415. The Hall–Kier alpha value is -3.71. The highest BCUT2D eigenvalue weighted by Gasteiger charge is 2.07. The van der Waals surface area contributed by atoms with Crippen molar-refractivity contribution in [3.8, 4) is 17.2 Å². The Kier molecular flexibility index (Phi) is 4.27. The Morgan fingerprint density at radius 3 is 2.48 bits per heavy atom. The van der Waals surface area contributed by atoms with Gasteiger partial charge >= 0.3 is 0 Å². The first kappa shape index (κ1) is 16.7. The number of hydrogen-bond donors (Lipinski definition) is 1. The van der Waals surface area contributed by atoms with Crippen LogP contribution in [0.3, 0.4) is 0 Å². The second kappa shape index (κ2) is 6.89. The van der Waals surface area contributed by atoms with Gasteiger partial charge in [-0.2, -0.15) is 5.26 Å². The average molecular weight is 350 g/mol. The number of anilines is 2. The van der Waals surface area contributed by atoms with Crippen LogP contribution in [0.25, 0.3) is 22.0 Å². The smallest absolute Gasteiger partial charge is 0.140 e. The quantitative estimate of drug-likeness (QED) is 0.528. The van der Waals surface area contributed by atoms with Gasteiger partial charge < -0.3 is 5.32 Å². The van der Waals surface area contributed by atoms with Crippen molar-refractivity contribution in [3.63, 3.8) is 0 Å². The first-order chi connectivity index (χ1) is 13.1. The van der Waals surface area contributed by atoms with E-state index in [0.29, 0.717) is 5.69 Å². The van der Waals surface area contributed by atoms with Crippen LogP contribution in [0.5, 0.6) is 0 Å². The number of nitrogens with zero attached hydrogens (tertiary/aromatic N) is 3. The van der Waals surface area contributed by atoms with Crippen molar-refractivity contribution in [3.05, 3.63) is 83.8 Å². The van der Waals surface area contributed by atoms with E-state index < -0.39 is 0 Å². The second-order valence-electron chi connectivity index (χ2n) is 6.58. The maximum Gasteiger partial charge on any atom is 0.140 e. The summed E-state index contributed by atoms with van der Waals surface area (Å²) in [4.78, 5) is 8.66. The number of fused-ring (bicyclic) bond motifs is 1. The molecule has 0 spiro atoms. The first-order valence-electron chi connectivity index (χ1n) is 8.73. The number of rotatable bonds is 3. The molecule has 0 aliphatic rings. The van der Waals surface area contributed by atoms with Crippen LogP contribution in [0.2, 0.25) is 0 Å². The molecule has 0 amide bonds. The summed E-state index contributed by atoms with van der Waals surface area (Å²) in [5.74, 6) is 0. The predicted molar refractivity (Wildman–Crippen MR) is 109 cm³/mol. The lowest BCUT2D eigenvalue weighted by Crippen LogP contribution is -1.96. The molecular formula is C23H18N4. The zero-order chi connectivity index (χ0) is 18.8. The van der Waals surface area contributed by atoms with E-state index in [0.717, 1.165) is 33.4 Å². The fourth-order valence-electron chi connectivity index (χ4n) is 3.08. The van der Waals surface area contributed by atoms with E-state index >= 15 is 0 Å². The van der Waals surface area contributed by atoms with Crippen LogP contribution in [-0.4, -0.2) is 9.97 Å². The molecule has 0 aliphatic carbocycles. The van der Waals surface area contributed by atoms with Gasteiger partial charge in [0.1, 0.15) is 11.8 Å². The minimum absolute atomic E-state index is 0.415. The number of pyridine rings is 2. The van der Waals surface area contributed by atoms with E-state index in [9.17, 15) is 0 Å². The first-order valence-corrected chi connectivity index (χ1v) is 8.73. The van der Waals surface area contributed by atoms with Crippen molar-refractivity contribution in [2.75, 3.05) is 5.32 Å². The number of aryl methyl sites for hydroxylation is 2. The Morgan fingerprint density at radius 2 is 1.70 bits per heavy atom. The van der Waals surface area contributed by atoms with Gasteiger partial charge in [0.2, 0.25) is 0 Å². The second-order valence-corrected chi connectivity index (χ2v) is 6.58. The summed E-state index contributed by atoms with van der Waals surface area (Å²) >= 11 is 0. The fraction of sp³-hybridized carbons (Fsp3) is 0.0870. The molecule has 2 aromatic carbocycles. The van der Waals surface area contributed by atoms with Gasteiger partial charge in [0.05, 0.1) is 5.52 Å². The molecule has 4 nitrogen and oxygen atoms in total. The molecule has 0 fully saturated rings. The summed E-state index contributed by atoms with van der Waals surface area (Å²) in [5.41, 5.74) is 7.86. The van der Waals surface area contributed by atoms with Crippen molar-refractivity contribution in [1.82, 2.24) is 9.97 Å². The molecule has 0 aliphatic heterocycles. The summed E-state index contributed by atoms with van der Waals surface area (Å²) in [5, 5.41) is 13.5. The highest BCUT2D eigenvalue weighted by Crippen LogP contribution is 2.30. The molecule has 0 atom stereocenters. The lowest BCUT2D eigenvalue weighted by Gasteiger charge is -2.13. The van der Waals surface area contributed by atoms with Crippen molar-refractivity contribution in [2.24, 2.45) is 0 Å². The Labute approximate surface area is 158 Å². The van der Waals surface area contributed by atoms with Gasteiger partial charge in [-0.05, 0) is 66.9 Å². The van der Waals surface area contributed by atoms with Crippen LogP contribution in [-0.2, 0) is 0 Å². The molecule has 27 heavy (non-hydrogen) atoms. The topological polar surface area (TPSA) is 61.6 Å². The largest absolute Gasteiger partial charge is 0.355 e. The summed E-state index contributed by atoms with van der Waals surface area (Å²) in [6.45, 7) is 4.18. The van der Waals surface area contributed by atoms with E-state index in [1.54, 1.807) is 12.3 Å². The summed E-state index contributed by atoms with van der Waals surface area (Å²) in [7, 11) is 0. The summed E-state index contributed by atoms with van der Waals surface area (Å²) < 4.78 is 0. The minimum Gasteiger partial charge on any atom is -0.355 e. The standard InChI is InChI=1S/C23H18N4/c1-15-3-4-16(2)23(11-15)27-22-9-10-25-21-8-6-17(12-20(21)22)18-5-7-19(13-24)26-14-18/h3-12,14H,1-2H3,(H,25,27). The molecule has 0 radical (unpaired) electrons. The zero-order valence-electron chi connectivity index (χ0n) is 15.2. The molecule has 0 saturated carbocycles. The fourth-order valence-corrected chi connectivity index (χ4v) is 3.08. The zero-order valence-corrected chi connectivity index (χ0v) is 15.2. The van der Waals surface area contributed by atoms with Crippen LogP contribution in [0.1, 0.15) is 16.8 Å².